The first kappa shape index (κ1) is 19.5. The van der Waals surface area contributed by atoms with Gasteiger partial charge in [-0.15, -0.1) is 10.2 Å². The molecule has 0 radical (unpaired) electrons. The Morgan fingerprint density at radius 2 is 1.92 bits per heavy atom. The first-order chi connectivity index (χ1) is 11.3. The Balaban J connectivity index is 2.28. The first-order valence-corrected chi connectivity index (χ1v) is 8.01. The zero-order valence-electron chi connectivity index (χ0n) is 14.9. The third-order valence-electron chi connectivity index (χ3n) is 4.48. The summed E-state index contributed by atoms with van der Waals surface area (Å²) in [6, 6.07) is -0.542. The van der Waals surface area contributed by atoms with Crippen molar-refractivity contribution in [2.75, 3.05) is 6.54 Å². The zero-order chi connectivity index (χ0) is 19.2. The Hall–Kier alpha value is -1.84. The number of amides is 1. The van der Waals surface area contributed by atoms with E-state index < -0.39 is 35.3 Å². The average molecular weight is 364 g/mol. The number of halogens is 3. The lowest BCUT2D eigenvalue weighted by molar-refractivity contribution is -0.263. The van der Waals surface area contributed by atoms with Crippen LogP contribution in [0.3, 0.4) is 0 Å². The van der Waals surface area contributed by atoms with Crippen LogP contribution in [0.25, 0.3) is 0 Å². The normalized spacial score (nSPS) is 20.8. The molecule has 10 heteroatoms. The highest BCUT2D eigenvalue weighted by atomic mass is 19.4. The minimum Gasteiger partial charge on any atom is -0.443 e. The maximum atomic E-state index is 13.1. The van der Waals surface area contributed by atoms with Gasteiger partial charge in [0.1, 0.15) is 5.60 Å². The van der Waals surface area contributed by atoms with Crippen LogP contribution in [-0.2, 0) is 16.9 Å². The Bertz CT molecular complexity index is 655. The number of aromatic nitrogens is 3. The number of hydrogen-bond acceptors (Lipinski definition) is 5. The van der Waals surface area contributed by atoms with Crippen molar-refractivity contribution in [1.29, 1.82) is 0 Å². The predicted molar refractivity (Wildman–Crippen MR) is 81.6 cm³/mol. The summed E-state index contributed by atoms with van der Waals surface area (Å²) in [5.41, 5.74) is -3.77. The molecule has 25 heavy (non-hydrogen) atoms. The van der Waals surface area contributed by atoms with Crippen molar-refractivity contribution >= 4 is 6.09 Å². The fraction of sp³-hybridized carbons (Fsp3) is 0.800. The monoisotopic (exact) mass is 364 g/mol. The Labute approximate surface area is 143 Å². The molecule has 0 unspecified atom stereocenters. The molecule has 142 valence electrons. The molecule has 1 N–H and O–H groups in total. The molecule has 1 aliphatic rings. The number of hydrogen-bond donors (Lipinski definition) is 1. The van der Waals surface area contributed by atoms with E-state index in [1.807, 2.05) is 6.92 Å². The fourth-order valence-electron chi connectivity index (χ4n) is 2.50. The second-order valence-corrected chi connectivity index (χ2v) is 7.09. The predicted octanol–water partition coefficient (Wildman–Crippen LogP) is 2.75. The second kappa shape index (κ2) is 6.15. The van der Waals surface area contributed by atoms with Crippen LogP contribution in [0, 0.1) is 0 Å². The van der Waals surface area contributed by atoms with E-state index in [-0.39, 0.29) is 18.9 Å². The van der Waals surface area contributed by atoms with Crippen LogP contribution in [0.4, 0.5) is 18.0 Å². The quantitative estimate of drug-likeness (QED) is 0.892. The van der Waals surface area contributed by atoms with Gasteiger partial charge in [0.05, 0.1) is 12.6 Å². The summed E-state index contributed by atoms with van der Waals surface area (Å²) in [7, 11) is 0. The summed E-state index contributed by atoms with van der Waals surface area (Å²) >= 11 is 0. The molecule has 0 fully saturated rings. The molecule has 0 saturated heterocycles. The molecule has 2 heterocycles. The van der Waals surface area contributed by atoms with Crippen molar-refractivity contribution in [1.82, 2.24) is 19.7 Å². The van der Waals surface area contributed by atoms with Gasteiger partial charge in [-0.2, -0.15) is 13.2 Å². The minimum atomic E-state index is -4.89. The summed E-state index contributed by atoms with van der Waals surface area (Å²) < 4.78 is 46.0. The number of aliphatic hydroxyl groups is 1. The van der Waals surface area contributed by atoms with Crippen LogP contribution in [0.1, 0.15) is 58.7 Å². The number of fused-ring (bicyclic) bond motifs is 1. The van der Waals surface area contributed by atoms with Crippen molar-refractivity contribution in [2.45, 2.75) is 71.0 Å². The Morgan fingerprint density at radius 3 is 2.44 bits per heavy atom. The van der Waals surface area contributed by atoms with E-state index in [1.165, 1.54) is 9.47 Å². The lowest BCUT2D eigenvalue weighted by Crippen LogP contribution is -2.46. The van der Waals surface area contributed by atoms with Crippen molar-refractivity contribution in [3.63, 3.8) is 0 Å². The van der Waals surface area contributed by atoms with E-state index >= 15 is 0 Å². The SMILES string of the molecule is CCC(C)(C)OC(=O)N1Cc2nnc([C@@](C)(O)C(F)(F)F)n2[C@@H](C)C1. The average Bonchev–Trinajstić information content (AvgIpc) is 2.90. The standard InChI is InChI=1S/C15H23F3N4O3/c1-6-13(3,4)25-12(23)21-7-9(2)22-10(8-21)19-20-11(22)14(5,24)15(16,17)18/h9,24H,6-8H2,1-5H3/t9-,14+/m0/s1. The largest absolute Gasteiger partial charge is 0.443 e. The highest BCUT2D eigenvalue weighted by molar-refractivity contribution is 5.68. The van der Waals surface area contributed by atoms with Crippen LogP contribution in [-0.4, -0.2) is 49.2 Å². The number of rotatable bonds is 3. The van der Waals surface area contributed by atoms with Gasteiger partial charge >= 0.3 is 12.3 Å². The van der Waals surface area contributed by atoms with Gasteiger partial charge in [-0.3, -0.25) is 4.90 Å². The molecule has 1 amide bonds. The highest BCUT2D eigenvalue weighted by Crippen LogP contribution is 2.39. The molecule has 1 aliphatic heterocycles. The van der Waals surface area contributed by atoms with Crippen molar-refractivity contribution < 1.29 is 27.8 Å². The molecule has 1 aromatic heterocycles. The molecule has 2 atom stereocenters. The Kier molecular flexibility index (Phi) is 4.79. The third kappa shape index (κ3) is 3.58. The highest BCUT2D eigenvalue weighted by Gasteiger charge is 2.55. The van der Waals surface area contributed by atoms with Crippen molar-refractivity contribution in [2.24, 2.45) is 0 Å². The van der Waals surface area contributed by atoms with Gasteiger partial charge in [0.25, 0.3) is 0 Å². The number of carbonyl (C=O) groups excluding carboxylic acids is 1. The van der Waals surface area contributed by atoms with Crippen molar-refractivity contribution in [3.8, 4) is 0 Å². The van der Waals surface area contributed by atoms with Crippen LogP contribution < -0.4 is 0 Å². The van der Waals surface area contributed by atoms with E-state index in [4.69, 9.17) is 4.74 Å². The molecule has 2 rings (SSSR count). The smallest absolute Gasteiger partial charge is 0.424 e. The summed E-state index contributed by atoms with van der Waals surface area (Å²) in [6.45, 7) is 7.80. The molecule has 7 nitrogen and oxygen atoms in total. The van der Waals surface area contributed by atoms with Gasteiger partial charge in [-0.05, 0) is 34.1 Å². The van der Waals surface area contributed by atoms with E-state index in [9.17, 15) is 23.1 Å². The molecular weight excluding hydrogens is 341 g/mol. The van der Waals surface area contributed by atoms with Gasteiger partial charge in [0.15, 0.2) is 11.6 Å². The minimum absolute atomic E-state index is 0.0378. The van der Waals surface area contributed by atoms with Gasteiger partial charge < -0.3 is 14.4 Å². The van der Waals surface area contributed by atoms with Gasteiger partial charge in [-0.1, -0.05) is 6.92 Å². The fourth-order valence-corrected chi connectivity index (χ4v) is 2.50. The second-order valence-electron chi connectivity index (χ2n) is 7.09. The lowest BCUT2D eigenvalue weighted by Gasteiger charge is -2.36. The Morgan fingerprint density at radius 1 is 1.32 bits per heavy atom. The van der Waals surface area contributed by atoms with E-state index in [0.717, 1.165) is 0 Å². The molecular formula is C15H23F3N4O3. The molecule has 0 bridgehead atoms. The number of ether oxygens (including phenoxy) is 1. The van der Waals surface area contributed by atoms with Crippen molar-refractivity contribution in [3.05, 3.63) is 11.6 Å². The van der Waals surface area contributed by atoms with E-state index in [0.29, 0.717) is 13.3 Å². The molecule has 0 aliphatic carbocycles. The van der Waals surface area contributed by atoms with E-state index in [2.05, 4.69) is 10.2 Å². The molecule has 0 spiro atoms. The van der Waals surface area contributed by atoms with Gasteiger partial charge in [0, 0.05) is 6.54 Å². The molecule has 0 saturated carbocycles. The maximum absolute atomic E-state index is 13.1. The van der Waals surface area contributed by atoms with Crippen LogP contribution in [0.2, 0.25) is 0 Å². The number of carbonyl (C=O) groups is 1. The number of nitrogens with zero attached hydrogens (tertiary/aromatic N) is 4. The van der Waals surface area contributed by atoms with Crippen LogP contribution in [0.15, 0.2) is 0 Å². The van der Waals surface area contributed by atoms with Gasteiger partial charge in [-0.25, -0.2) is 4.79 Å². The zero-order valence-corrected chi connectivity index (χ0v) is 14.9. The number of alkyl halides is 3. The maximum Gasteiger partial charge on any atom is 0.424 e. The summed E-state index contributed by atoms with van der Waals surface area (Å²) in [4.78, 5) is 13.7. The summed E-state index contributed by atoms with van der Waals surface area (Å²) in [5, 5.41) is 17.2. The van der Waals surface area contributed by atoms with Crippen LogP contribution >= 0.6 is 0 Å². The summed E-state index contributed by atoms with van der Waals surface area (Å²) in [5.74, 6) is -0.408. The lowest BCUT2D eigenvalue weighted by atomic mass is 10.0. The molecule has 0 aromatic carbocycles. The third-order valence-corrected chi connectivity index (χ3v) is 4.48. The molecule has 1 aromatic rings. The van der Waals surface area contributed by atoms with Crippen LogP contribution in [0.5, 0.6) is 0 Å². The van der Waals surface area contributed by atoms with E-state index in [1.54, 1.807) is 20.8 Å². The van der Waals surface area contributed by atoms with Gasteiger partial charge in [0.2, 0.25) is 5.60 Å². The first-order valence-electron chi connectivity index (χ1n) is 8.01. The topological polar surface area (TPSA) is 80.5 Å². The summed E-state index contributed by atoms with van der Waals surface area (Å²) in [6.07, 6.45) is -4.83.